The highest BCUT2D eigenvalue weighted by Crippen LogP contribution is 2.43. The van der Waals surface area contributed by atoms with E-state index in [1.807, 2.05) is 19.1 Å². The predicted molar refractivity (Wildman–Crippen MR) is 115 cm³/mol. The van der Waals surface area contributed by atoms with Crippen molar-refractivity contribution in [1.29, 1.82) is 0 Å². The van der Waals surface area contributed by atoms with Crippen molar-refractivity contribution < 1.29 is 18.8 Å². The Kier molecular flexibility index (Phi) is 5.76. The molecule has 2 aromatic rings. The first-order chi connectivity index (χ1) is 14.9. The summed E-state index contributed by atoms with van der Waals surface area (Å²) in [6.07, 6.45) is 2.13. The number of fused-ring (bicyclic) bond motifs is 3. The highest BCUT2D eigenvalue weighted by atomic mass is 19.1. The number of para-hydroxylation sites is 1. The van der Waals surface area contributed by atoms with Gasteiger partial charge in [-0.3, -0.25) is 19.3 Å². The number of benzene rings is 2. The zero-order valence-corrected chi connectivity index (χ0v) is 17.6. The number of amides is 3. The second-order valence-corrected chi connectivity index (χ2v) is 8.21. The summed E-state index contributed by atoms with van der Waals surface area (Å²) in [6.45, 7) is 2.66. The second-order valence-electron chi connectivity index (χ2n) is 8.21. The molecule has 1 N–H and O–H groups in total. The molecule has 7 heteroatoms. The molecule has 1 atom stereocenters. The van der Waals surface area contributed by atoms with Crippen molar-refractivity contribution in [1.82, 2.24) is 10.2 Å². The molecule has 2 aliphatic heterocycles. The maximum atomic E-state index is 13.7. The van der Waals surface area contributed by atoms with Gasteiger partial charge in [-0.1, -0.05) is 30.3 Å². The molecule has 0 aromatic heterocycles. The molecule has 0 saturated carbocycles. The largest absolute Gasteiger partial charge is 0.356 e. The van der Waals surface area contributed by atoms with Crippen LogP contribution in [0.4, 0.5) is 10.1 Å². The molecule has 3 amide bonds. The van der Waals surface area contributed by atoms with E-state index in [0.29, 0.717) is 55.6 Å². The topological polar surface area (TPSA) is 69.7 Å². The van der Waals surface area contributed by atoms with Crippen molar-refractivity contribution in [3.8, 4) is 0 Å². The molecule has 0 bridgehead atoms. The highest BCUT2D eigenvalue weighted by molar-refractivity contribution is 6.10. The Balaban J connectivity index is 1.35. The van der Waals surface area contributed by atoms with E-state index >= 15 is 0 Å². The normalized spacial score (nSPS) is 19.9. The van der Waals surface area contributed by atoms with Crippen LogP contribution >= 0.6 is 0 Å². The molecule has 1 fully saturated rings. The van der Waals surface area contributed by atoms with Gasteiger partial charge in [0.1, 0.15) is 11.5 Å². The van der Waals surface area contributed by atoms with Gasteiger partial charge in [0.25, 0.3) is 5.91 Å². The van der Waals surface area contributed by atoms with Crippen LogP contribution in [0.15, 0.2) is 48.5 Å². The van der Waals surface area contributed by atoms with Gasteiger partial charge in [0.05, 0.1) is 11.3 Å². The minimum atomic E-state index is -0.705. The molecule has 162 valence electrons. The molecular weight excluding hydrogens is 397 g/mol. The van der Waals surface area contributed by atoms with E-state index in [4.69, 9.17) is 0 Å². The molecule has 4 rings (SSSR count). The molecule has 0 aliphatic carbocycles. The lowest BCUT2D eigenvalue weighted by Gasteiger charge is -2.48. The average molecular weight is 423 g/mol. The van der Waals surface area contributed by atoms with Crippen molar-refractivity contribution in [2.75, 3.05) is 18.0 Å². The van der Waals surface area contributed by atoms with Crippen LogP contribution in [0, 0.1) is 5.82 Å². The smallest absolute Gasteiger partial charge is 0.257 e. The van der Waals surface area contributed by atoms with Crippen molar-refractivity contribution in [2.24, 2.45) is 0 Å². The number of carbonyl (C=O) groups excluding carboxylic acids is 3. The van der Waals surface area contributed by atoms with Gasteiger partial charge in [0, 0.05) is 25.9 Å². The van der Waals surface area contributed by atoms with Gasteiger partial charge in [0.15, 0.2) is 0 Å². The fraction of sp³-hybridized carbons (Fsp3) is 0.375. The van der Waals surface area contributed by atoms with E-state index in [1.54, 1.807) is 40.1 Å². The summed E-state index contributed by atoms with van der Waals surface area (Å²) in [6, 6.07) is 13.7. The minimum absolute atomic E-state index is 0.0123. The van der Waals surface area contributed by atoms with Crippen LogP contribution in [0.5, 0.6) is 0 Å². The number of halogens is 1. The average Bonchev–Trinajstić information content (AvgIpc) is 3.07. The van der Waals surface area contributed by atoms with Crippen molar-refractivity contribution in [2.45, 2.75) is 44.7 Å². The molecular formula is C24H26FN3O3. The molecule has 31 heavy (non-hydrogen) atoms. The first-order valence-electron chi connectivity index (χ1n) is 10.7. The molecule has 1 unspecified atom stereocenters. The lowest BCUT2D eigenvalue weighted by Crippen LogP contribution is -2.62. The van der Waals surface area contributed by atoms with E-state index in [-0.39, 0.29) is 30.0 Å². The number of hydrogen-bond acceptors (Lipinski definition) is 3. The monoisotopic (exact) mass is 423 g/mol. The molecule has 2 heterocycles. The quantitative estimate of drug-likeness (QED) is 0.743. The van der Waals surface area contributed by atoms with Crippen LogP contribution in [0.3, 0.4) is 0 Å². The molecule has 1 saturated heterocycles. The van der Waals surface area contributed by atoms with Gasteiger partial charge in [-0.25, -0.2) is 4.39 Å². The van der Waals surface area contributed by atoms with E-state index < -0.39 is 5.66 Å². The Hall–Kier alpha value is -3.22. The lowest BCUT2D eigenvalue weighted by atomic mass is 9.98. The van der Waals surface area contributed by atoms with Crippen LogP contribution in [0.25, 0.3) is 0 Å². The van der Waals surface area contributed by atoms with Gasteiger partial charge in [0.2, 0.25) is 11.8 Å². The number of anilines is 1. The van der Waals surface area contributed by atoms with Crippen LogP contribution < -0.4 is 10.2 Å². The third kappa shape index (κ3) is 3.92. The SMILES string of the molecule is CC12CCC(=O)N1c1ccccc1C(=O)N2CCCC(=O)NCCc1ccccc1F. The van der Waals surface area contributed by atoms with Crippen LogP contribution in [0.2, 0.25) is 0 Å². The Morgan fingerprint density at radius 2 is 1.87 bits per heavy atom. The summed E-state index contributed by atoms with van der Waals surface area (Å²) in [4.78, 5) is 41.4. The minimum Gasteiger partial charge on any atom is -0.356 e. The van der Waals surface area contributed by atoms with Crippen molar-refractivity contribution >= 4 is 23.4 Å². The Labute approximate surface area is 181 Å². The maximum absolute atomic E-state index is 13.7. The molecule has 2 aliphatic rings. The Bertz CT molecular complexity index is 1020. The van der Waals surface area contributed by atoms with Crippen LogP contribution in [-0.2, 0) is 16.0 Å². The first-order valence-corrected chi connectivity index (χ1v) is 10.7. The fourth-order valence-electron chi connectivity index (χ4n) is 4.57. The highest BCUT2D eigenvalue weighted by Gasteiger charge is 2.52. The van der Waals surface area contributed by atoms with Gasteiger partial charge in [-0.05, 0) is 49.9 Å². The third-order valence-corrected chi connectivity index (χ3v) is 6.21. The van der Waals surface area contributed by atoms with Gasteiger partial charge in [-0.15, -0.1) is 0 Å². The van der Waals surface area contributed by atoms with Gasteiger partial charge < -0.3 is 10.2 Å². The summed E-state index contributed by atoms with van der Waals surface area (Å²) < 4.78 is 13.7. The van der Waals surface area contributed by atoms with Gasteiger partial charge >= 0.3 is 0 Å². The molecule has 6 nitrogen and oxygen atoms in total. The van der Waals surface area contributed by atoms with Crippen molar-refractivity contribution in [3.05, 3.63) is 65.5 Å². The number of nitrogens with zero attached hydrogens (tertiary/aromatic N) is 2. The van der Waals surface area contributed by atoms with E-state index in [9.17, 15) is 18.8 Å². The fourth-order valence-corrected chi connectivity index (χ4v) is 4.57. The molecule has 2 aromatic carbocycles. The summed E-state index contributed by atoms with van der Waals surface area (Å²) in [7, 11) is 0. The second kappa shape index (κ2) is 8.49. The summed E-state index contributed by atoms with van der Waals surface area (Å²) in [5.41, 5.74) is 1.05. The number of nitrogens with one attached hydrogen (secondary N) is 1. The van der Waals surface area contributed by atoms with Gasteiger partial charge in [-0.2, -0.15) is 0 Å². The predicted octanol–water partition coefficient (Wildman–Crippen LogP) is 3.26. The number of carbonyl (C=O) groups is 3. The van der Waals surface area contributed by atoms with Crippen LogP contribution in [-0.4, -0.2) is 41.4 Å². The number of hydrogen-bond donors (Lipinski definition) is 1. The number of rotatable bonds is 7. The summed E-state index contributed by atoms with van der Waals surface area (Å²) in [5, 5.41) is 2.81. The maximum Gasteiger partial charge on any atom is 0.257 e. The summed E-state index contributed by atoms with van der Waals surface area (Å²) in [5.74, 6) is -0.502. The Morgan fingerprint density at radius 1 is 1.13 bits per heavy atom. The lowest BCUT2D eigenvalue weighted by molar-refractivity contribution is -0.121. The molecule has 0 radical (unpaired) electrons. The van der Waals surface area contributed by atoms with E-state index in [2.05, 4.69) is 5.32 Å². The van der Waals surface area contributed by atoms with E-state index in [1.165, 1.54) is 6.07 Å². The standard InChI is InChI=1S/C24H26FN3O3/c1-24-14-12-22(30)28(24)20-10-5-3-8-18(20)23(31)27(24)16-6-11-21(29)26-15-13-17-7-2-4-9-19(17)25/h2-5,7-10H,6,11-16H2,1H3,(H,26,29). The van der Waals surface area contributed by atoms with Crippen molar-refractivity contribution in [3.63, 3.8) is 0 Å². The zero-order valence-electron chi connectivity index (χ0n) is 17.6. The zero-order chi connectivity index (χ0) is 22.0. The summed E-state index contributed by atoms with van der Waals surface area (Å²) >= 11 is 0. The van der Waals surface area contributed by atoms with Crippen LogP contribution in [0.1, 0.15) is 48.5 Å². The molecule has 0 spiro atoms. The Morgan fingerprint density at radius 3 is 2.68 bits per heavy atom. The first kappa shape index (κ1) is 21.0. The third-order valence-electron chi connectivity index (χ3n) is 6.21. The van der Waals surface area contributed by atoms with E-state index in [0.717, 1.165) is 0 Å².